The van der Waals surface area contributed by atoms with Crippen molar-refractivity contribution in [2.24, 2.45) is 5.73 Å². The Morgan fingerprint density at radius 3 is 2.46 bits per heavy atom. The molecule has 2 aliphatic rings. The number of esters is 1. The van der Waals surface area contributed by atoms with Crippen LogP contribution in [0.15, 0.2) is 23.4 Å². The molecule has 2 N–H and O–H groups in total. The molecular weight excluding hydrogens is 422 g/mol. The molecule has 158 valence electrons. The number of hydrogen-bond donors (Lipinski definition) is 1. The second kappa shape index (κ2) is 10.1. The van der Waals surface area contributed by atoms with Gasteiger partial charge in [0.1, 0.15) is 17.1 Å². The molecule has 1 saturated heterocycles. The van der Waals surface area contributed by atoms with E-state index in [1.165, 1.54) is 18.7 Å². The van der Waals surface area contributed by atoms with E-state index in [9.17, 15) is 23.2 Å². The normalized spacial score (nSPS) is 22.6. The summed E-state index contributed by atoms with van der Waals surface area (Å²) in [5.74, 6) is -1.31. The lowest BCUT2D eigenvalue weighted by atomic mass is 10.0. The smallest absolute Gasteiger partial charge is 0.431 e. The number of nitrogens with two attached hydrogens (primary N) is 1. The monoisotopic (exact) mass is 442 g/mol. The molecule has 0 aliphatic carbocycles. The van der Waals surface area contributed by atoms with Gasteiger partial charge in [0, 0.05) is 12.7 Å². The van der Waals surface area contributed by atoms with Crippen molar-refractivity contribution in [2.45, 2.75) is 51.0 Å². The van der Waals surface area contributed by atoms with Gasteiger partial charge in [-0.25, -0.2) is 18.4 Å². The SMILES string of the molecule is CC(C)OC(=O)OC(C)OC(=O)C1=C(/C=C\C(F)F)CS[C@@H]2[C@H](N)C(=O)N12.Cl. The van der Waals surface area contributed by atoms with Gasteiger partial charge in [-0.2, -0.15) is 0 Å². The van der Waals surface area contributed by atoms with E-state index in [4.69, 9.17) is 19.9 Å². The first kappa shape index (κ1) is 24.2. The highest BCUT2D eigenvalue weighted by Gasteiger charge is 2.52. The number of carbonyl (C=O) groups excluding carboxylic acids is 3. The number of carbonyl (C=O) groups is 3. The van der Waals surface area contributed by atoms with Crippen molar-refractivity contribution < 1.29 is 37.4 Å². The van der Waals surface area contributed by atoms with Crippen LogP contribution in [-0.2, 0) is 23.8 Å². The van der Waals surface area contributed by atoms with Crippen LogP contribution in [0.3, 0.4) is 0 Å². The Kier molecular flexibility index (Phi) is 8.71. The fourth-order valence-electron chi connectivity index (χ4n) is 2.43. The van der Waals surface area contributed by atoms with E-state index in [1.807, 2.05) is 0 Å². The maximum atomic E-state index is 12.5. The predicted molar refractivity (Wildman–Crippen MR) is 98.7 cm³/mol. The third-order valence-corrected chi connectivity index (χ3v) is 4.87. The van der Waals surface area contributed by atoms with Gasteiger partial charge in [0.2, 0.25) is 12.2 Å². The average Bonchev–Trinajstić information content (AvgIpc) is 2.56. The zero-order chi connectivity index (χ0) is 20.3. The first-order valence-electron chi connectivity index (χ1n) is 8.09. The van der Waals surface area contributed by atoms with Gasteiger partial charge >= 0.3 is 12.1 Å². The van der Waals surface area contributed by atoms with E-state index in [0.29, 0.717) is 6.08 Å². The molecule has 28 heavy (non-hydrogen) atoms. The Morgan fingerprint density at radius 2 is 1.89 bits per heavy atom. The molecule has 0 aromatic heterocycles. The van der Waals surface area contributed by atoms with E-state index >= 15 is 0 Å². The van der Waals surface area contributed by atoms with Gasteiger partial charge < -0.3 is 19.9 Å². The Labute approximate surface area is 170 Å². The molecule has 1 unspecified atom stereocenters. The number of nitrogens with zero attached hydrogens (tertiary/aromatic N) is 1. The van der Waals surface area contributed by atoms with E-state index in [2.05, 4.69) is 0 Å². The fraction of sp³-hybridized carbons (Fsp3) is 0.562. The molecular formula is C16H21ClF2N2O6S. The highest BCUT2D eigenvalue weighted by Crippen LogP contribution is 2.40. The van der Waals surface area contributed by atoms with Crippen LogP contribution in [0.2, 0.25) is 0 Å². The summed E-state index contributed by atoms with van der Waals surface area (Å²) in [6.45, 7) is 4.51. The maximum Gasteiger partial charge on any atom is 0.511 e. The summed E-state index contributed by atoms with van der Waals surface area (Å²) in [5, 5.41) is -0.481. The zero-order valence-electron chi connectivity index (χ0n) is 15.3. The third-order valence-electron chi connectivity index (χ3n) is 3.54. The summed E-state index contributed by atoms with van der Waals surface area (Å²) >= 11 is 1.26. The largest absolute Gasteiger partial charge is 0.511 e. The molecule has 3 atom stereocenters. The van der Waals surface area contributed by atoms with Crippen LogP contribution in [0.4, 0.5) is 13.6 Å². The number of hydrogen-bond acceptors (Lipinski definition) is 8. The highest BCUT2D eigenvalue weighted by atomic mass is 35.5. The van der Waals surface area contributed by atoms with E-state index in [-0.39, 0.29) is 29.4 Å². The van der Waals surface area contributed by atoms with Gasteiger partial charge in [-0.05, 0) is 25.5 Å². The average molecular weight is 443 g/mol. The van der Waals surface area contributed by atoms with Crippen LogP contribution < -0.4 is 5.73 Å². The summed E-state index contributed by atoms with van der Waals surface area (Å²) in [7, 11) is 0. The second-order valence-electron chi connectivity index (χ2n) is 6.01. The van der Waals surface area contributed by atoms with Crippen LogP contribution in [-0.4, -0.2) is 58.9 Å². The summed E-state index contributed by atoms with van der Waals surface area (Å²) in [6, 6.07) is -0.784. The van der Waals surface area contributed by atoms with Crippen LogP contribution in [0.5, 0.6) is 0 Å². The molecule has 0 bridgehead atoms. The lowest BCUT2D eigenvalue weighted by Crippen LogP contribution is -2.68. The van der Waals surface area contributed by atoms with Crippen LogP contribution >= 0.6 is 24.2 Å². The van der Waals surface area contributed by atoms with Crippen LogP contribution in [0.25, 0.3) is 0 Å². The molecule has 12 heteroatoms. The number of β-lactam (4-membered cyclic amide) rings is 1. The number of ether oxygens (including phenoxy) is 3. The minimum Gasteiger partial charge on any atom is -0.431 e. The van der Waals surface area contributed by atoms with Crippen molar-refractivity contribution in [3.8, 4) is 0 Å². The van der Waals surface area contributed by atoms with E-state index in [0.717, 1.165) is 11.0 Å². The molecule has 0 spiro atoms. The number of amides is 1. The lowest BCUT2D eigenvalue weighted by molar-refractivity contribution is -0.169. The van der Waals surface area contributed by atoms with Crippen molar-refractivity contribution in [1.82, 2.24) is 4.90 Å². The Balaban J connectivity index is 0.00000392. The molecule has 0 radical (unpaired) electrons. The second-order valence-corrected chi connectivity index (χ2v) is 7.12. The number of alkyl halides is 2. The molecule has 0 saturated carbocycles. The van der Waals surface area contributed by atoms with Crippen molar-refractivity contribution in [3.05, 3.63) is 23.4 Å². The molecule has 2 aliphatic heterocycles. The van der Waals surface area contributed by atoms with Gasteiger partial charge in [-0.3, -0.25) is 9.69 Å². The predicted octanol–water partition coefficient (Wildman–Crippen LogP) is 2.18. The van der Waals surface area contributed by atoms with Crippen molar-refractivity contribution >= 4 is 42.2 Å². The van der Waals surface area contributed by atoms with Crippen molar-refractivity contribution in [1.29, 1.82) is 0 Å². The quantitative estimate of drug-likeness (QED) is 0.379. The van der Waals surface area contributed by atoms with Gasteiger partial charge in [0.25, 0.3) is 6.43 Å². The van der Waals surface area contributed by atoms with Crippen molar-refractivity contribution in [2.75, 3.05) is 5.75 Å². The first-order valence-corrected chi connectivity index (χ1v) is 9.14. The summed E-state index contributed by atoms with van der Waals surface area (Å²) < 4.78 is 39.6. The summed E-state index contributed by atoms with van der Waals surface area (Å²) in [5.41, 5.74) is 5.72. The molecule has 1 fully saturated rings. The van der Waals surface area contributed by atoms with E-state index < -0.39 is 48.3 Å². The maximum absolute atomic E-state index is 12.5. The van der Waals surface area contributed by atoms with Crippen molar-refractivity contribution in [3.63, 3.8) is 0 Å². The molecule has 0 aromatic carbocycles. The van der Waals surface area contributed by atoms with Crippen LogP contribution in [0, 0.1) is 0 Å². The Morgan fingerprint density at radius 1 is 1.25 bits per heavy atom. The Hall–Kier alpha value is -1.85. The third kappa shape index (κ3) is 5.58. The number of fused-ring (bicyclic) bond motifs is 1. The molecule has 2 rings (SSSR count). The number of allylic oxidation sites excluding steroid dienone is 2. The Bertz CT molecular complexity index is 688. The van der Waals surface area contributed by atoms with Gasteiger partial charge in [-0.1, -0.05) is 6.08 Å². The molecule has 1 amide bonds. The summed E-state index contributed by atoms with van der Waals surface area (Å²) in [6.07, 6.45) is -3.82. The summed E-state index contributed by atoms with van der Waals surface area (Å²) in [4.78, 5) is 37.2. The first-order chi connectivity index (χ1) is 12.6. The fourth-order valence-corrected chi connectivity index (χ4v) is 3.70. The lowest BCUT2D eigenvalue weighted by Gasteiger charge is -2.48. The standard InChI is InChI=1S/C16H20F2N2O6S.ClH/c1-7(2)24-16(23)26-8(3)25-15(22)12-9(4-5-10(17)18)6-27-14-11(19)13(21)20(12)14;/h4-5,7-8,10-11,14H,6,19H2,1-3H3;1H/b5-4-;/t8?,11-,14-;/m1./s1. The van der Waals surface area contributed by atoms with Gasteiger partial charge in [0.15, 0.2) is 0 Å². The molecule has 2 heterocycles. The van der Waals surface area contributed by atoms with E-state index in [1.54, 1.807) is 13.8 Å². The topological polar surface area (TPSA) is 108 Å². The zero-order valence-corrected chi connectivity index (χ0v) is 16.9. The number of thioether (sulfide) groups is 1. The minimum absolute atomic E-state index is 0. The van der Waals surface area contributed by atoms with Crippen LogP contribution in [0.1, 0.15) is 20.8 Å². The number of rotatable bonds is 6. The number of halogens is 3. The molecule has 8 nitrogen and oxygen atoms in total. The van der Waals surface area contributed by atoms with Gasteiger partial charge in [0.05, 0.1) is 6.10 Å². The highest BCUT2D eigenvalue weighted by molar-refractivity contribution is 8.00. The van der Waals surface area contributed by atoms with Gasteiger partial charge in [-0.15, -0.1) is 24.2 Å². The molecule has 0 aromatic rings. The minimum atomic E-state index is -2.72.